The summed E-state index contributed by atoms with van der Waals surface area (Å²) in [5.41, 5.74) is -3.78. The van der Waals surface area contributed by atoms with Crippen molar-refractivity contribution in [2.24, 2.45) is 0 Å². The van der Waals surface area contributed by atoms with Gasteiger partial charge in [0.1, 0.15) is 11.2 Å². The summed E-state index contributed by atoms with van der Waals surface area (Å²) in [4.78, 5) is 0. The fraction of sp³-hybridized carbons (Fsp3) is 0. The highest BCUT2D eigenvalue weighted by Gasteiger charge is 2.21. The fourth-order valence-electron chi connectivity index (χ4n) is 5.32. The minimum absolute atomic E-state index is 0.410. The zero-order chi connectivity index (χ0) is 47.8. The Morgan fingerprint density at radius 3 is 1.49 bits per heavy atom. The van der Waals surface area contributed by atoms with Crippen LogP contribution in [0.1, 0.15) is 32.9 Å². The predicted molar refractivity (Wildman–Crippen MR) is 175 cm³/mol. The lowest BCUT2D eigenvalue weighted by Crippen LogP contribution is -1.92. The summed E-state index contributed by atoms with van der Waals surface area (Å²) in [5.74, 6) is 0. The van der Waals surface area contributed by atoms with Crippen LogP contribution in [0, 0.1) is 0 Å². The van der Waals surface area contributed by atoms with Crippen molar-refractivity contribution >= 4 is 65.0 Å². The molecule has 41 heavy (non-hydrogen) atoms. The fourth-order valence-corrected chi connectivity index (χ4v) is 5.32. The molecule has 0 saturated carbocycles. The van der Waals surface area contributed by atoms with E-state index in [1.54, 1.807) is 0 Å². The van der Waals surface area contributed by atoms with Crippen LogP contribution in [0.15, 0.2) is 149 Å². The van der Waals surface area contributed by atoms with Crippen molar-refractivity contribution < 1.29 is 37.3 Å². The molecule has 190 valence electrons. The third-order valence-electron chi connectivity index (χ3n) is 6.95. The molecular formula is C40H24O. The lowest BCUT2D eigenvalue weighted by atomic mass is 9.84. The van der Waals surface area contributed by atoms with E-state index in [1.807, 2.05) is 0 Å². The molecule has 0 aliphatic rings. The molecular weight excluding hydrogens is 496 g/mol. The van der Waals surface area contributed by atoms with E-state index in [9.17, 15) is 8.22 Å². The first-order chi connectivity index (χ1) is 30.3. The van der Waals surface area contributed by atoms with E-state index in [-0.39, 0.29) is 0 Å². The second kappa shape index (κ2) is 8.55. The Morgan fingerprint density at radius 1 is 0.341 bits per heavy atom. The average molecular weight is 545 g/mol. The van der Waals surface area contributed by atoms with Crippen LogP contribution in [-0.4, -0.2) is 0 Å². The van der Waals surface area contributed by atoms with E-state index < -0.39 is 232 Å². The van der Waals surface area contributed by atoms with Crippen molar-refractivity contribution in [2.75, 3.05) is 0 Å². The molecule has 0 aliphatic carbocycles. The summed E-state index contributed by atoms with van der Waals surface area (Å²) in [6, 6.07) is -20.9. The molecule has 0 N–H and O–H groups in total. The van der Waals surface area contributed by atoms with Gasteiger partial charge in [0.05, 0.1) is 32.9 Å². The van der Waals surface area contributed by atoms with Crippen molar-refractivity contribution in [1.29, 1.82) is 0 Å². The SMILES string of the molecule is [2H]c1c([2H])c(-c2c3c([2H])c([2H])c([2H])c([2H])c3c(-c3c([2H])c([2H])c([2H])c4c([2H])c([2H])c([2H])c([2H])c34)c3c([2H])c([2H])c([2H])c([2H])c23)c2c(oc3c([2H])c([2H])c4c([2H])c([2H])c([2H])c([2H])c4c32)c1[2H]. The van der Waals surface area contributed by atoms with Crippen LogP contribution < -0.4 is 0 Å². The van der Waals surface area contributed by atoms with Crippen LogP contribution in [0.5, 0.6) is 0 Å². The molecule has 9 aromatic rings. The standard InChI is InChI=1S/C40H24O/c1-3-14-27-25(11-1)13-9-20-29(27)37-30-16-5-7-18-32(30)38(33-19-8-6-17-31(33)37)34-21-10-22-35-40(34)39-28-15-4-2-12-26(28)23-24-36(39)41-35/h1-24H/i1D,2D,3D,4D,5D,6D,7D,8D,9D,10D,11D,12D,13D,14D,15D,16D,17D,18D,19D,20D,21D,22D,23D,24D. The lowest BCUT2D eigenvalue weighted by Gasteiger charge is -2.19. The minimum Gasteiger partial charge on any atom is -0.456 e. The van der Waals surface area contributed by atoms with Crippen molar-refractivity contribution in [2.45, 2.75) is 0 Å². The van der Waals surface area contributed by atoms with E-state index in [0.29, 0.717) is 0 Å². The van der Waals surface area contributed by atoms with Gasteiger partial charge in [-0.2, -0.15) is 0 Å². The van der Waals surface area contributed by atoms with Gasteiger partial charge in [0.15, 0.2) is 0 Å². The molecule has 0 bridgehead atoms. The van der Waals surface area contributed by atoms with E-state index in [4.69, 9.17) is 29.1 Å². The highest BCUT2D eigenvalue weighted by atomic mass is 16.3. The van der Waals surface area contributed by atoms with Crippen LogP contribution in [0.25, 0.3) is 87.3 Å². The van der Waals surface area contributed by atoms with E-state index in [2.05, 4.69) is 0 Å². The van der Waals surface area contributed by atoms with Crippen molar-refractivity contribution in [3.63, 3.8) is 0 Å². The van der Waals surface area contributed by atoms with E-state index in [0.717, 1.165) is 0 Å². The van der Waals surface area contributed by atoms with E-state index >= 15 is 0 Å². The van der Waals surface area contributed by atoms with Crippen molar-refractivity contribution in [3.05, 3.63) is 145 Å². The maximum Gasteiger partial charge on any atom is 0.136 e. The van der Waals surface area contributed by atoms with Gasteiger partial charge in [-0.3, -0.25) is 0 Å². The molecule has 0 radical (unpaired) electrons. The Kier molecular flexibility index (Phi) is 1.94. The number of fused-ring (bicyclic) bond motifs is 8. The van der Waals surface area contributed by atoms with Crippen LogP contribution in [0.4, 0.5) is 0 Å². The predicted octanol–water partition coefficient (Wildman–Crippen LogP) is 11.5. The quantitative estimate of drug-likeness (QED) is 0.197. The summed E-state index contributed by atoms with van der Waals surface area (Å²) >= 11 is 0. The Balaban J connectivity index is 1.73. The third kappa shape index (κ3) is 3.18. The van der Waals surface area contributed by atoms with Crippen LogP contribution in [0.2, 0.25) is 0 Å². The first kappa shape index (κ1) is 9.33. The minimum atomic E-state index is -0.953. The van der Waals surface area contributed by atoms with Gasteiger partial charge < -0.3 is 4.42 Å². The molecule has 0 saturated heterocycles. The molecule has 1 heteroatoms. The summed E-state index contributed by atoms with van der Waals surface area (Å²) in [6.07, 6.45) is 0. The second-order valence-corrected chi connectivity index (χ2v) is 9.01. The highest BCUT2D eigenvalue weighted by molar-refractivity contribution is 6.29. The smallest absolute Gasteiger partial charge is 0.136 e. The van der Waals surface area contributed by atoms with Crippen molar-refractivity contribution in [3.8, 4) is 22.3 Å². The molecule has 1 aromatic heterocycles. The van der Waals surface area contributed by atoms with Gasteiger partial charge >= 0.3 is 0 Å². The Hall–Kier alpha value is -5.40. The Morgan fingerprint density at radius 2 is 0.805 bits per heavy atom. The van der Waals surface area contributed by atoms with Gasteiger partial charge in [0, 0.05) is 10.8 Å². The summed E-state index contributed by atoms with van der Waals surface area (Å²) in [5, 5.41) is -5.73. The van der Waals surface area contributed by atoms with Crippen molar-refractivity contribution in [1.82, 2.24) is 0 Å². The van der Waals surface area contributed by atoms with Gasteiger partial charge in [0.2, 0.25) is 0 Å². The largest absolute Gasteiger partial charge is 0.456 e. The number of furan rings is 1. The van der Waals surface area contributed by atoms with Gasteiger partial charge in [0.25, 0.3) is 0 Å². The molecule has 0 spiro atoms. The Labute approximate surface area is 270 Å². The summed E-state index contributed by atoms with van der Waals surface area (Å²) in [6.45, 7) is 0. The molecule has 0 fully saturated rings. The molecule has 1 nitrogen and oxygen atoms in total. The van der Waals surface area contributed by atoms with Crippen LogP contribution >= 0.6 is 0 Å². The average Bonchev–Trinajstić information content (AvgIpc) is 3.67. The van der Waals surface area contributed by atoms with E-state index in [1.165, 1.54) is 0 Å². The third-order valence-corrected chi connectivity index (χ3v) is 6.95. The van der Waals surface area contributed by atoms with Crippen LogP contribution in [0.3, 0.4) is 0 Å². The maximum absolute atomic E-state index is 9.52. The topological polar surface area (TPSA) is 13.1 Å². The van der Waals surface area contributed by atoms with Crippen LogP contribution in [-0.2, 0) is 0 Å². The number of benzene rings is 8. The molecule has 0 atom stereocenters. The monoisotopic (exact) mass is 544 g/mol. The summed E-state index contributed by atoms with van der Waals surface area (Å²) < 4.78 is 221. The first-order valence-corrected chi connectivity index (χ1v) is 12.2. The second-order valence-electron chi connectivity index (χ2n) is 9.01. The molecule has 0 aliphatic heterocycles. The lowest BCUT2D eigenvalue weighted by molar-refractivity contribution is 0.669. The first-order valence-electron chi connectivity index (χ1n) is 24.2. The number of hydrogen-bond acceptors (Lipinski definition) is 1. The highest BCUT2D eigenvalue weighted by Crippen LogP contribution is 2.48. The van der Waals surface area contributed by atoms with Gasteiger partial charge in [-0.05, 0) is 77.4 Å². The van der Waals surface area contributed by atoms with Gasteiger partial charge in [-0.15, -0.1) is 0 Å². The Bertz CT molecular complexity index is 3730. The maximum atomic E-state index is 9.52. The molecule has 8 aromatic carbocycles. The molecule has 0 unspecified atom stereocenters. The van der Waals surface area contributed by atoms with Gasteiger partial charge in [-0.1, -0.05) is 133 Å². The normalized spacial score (nSPS) is 20.1. The molecule has 1 heterocycles. The molecule has 9 rings (SSSR count). The number of hydrogen-bond donors (Lipinski definition) is 0. The zero-order valence-corrected chi connectivity index (χ0v) is 20.4. The zero-order valence-electron chi connectivity index (χ0n) is 44.4. The number of rotatable bonds is 2. The van der Waals surface area contributed by atoms with Gasteiger partial charge in [-0.25, -0.2) is 0 Å². The summed E-state index contributed by atoms with van der Waals surface area (Å²) in [7, 11) is 0. The molecule has 0 amide bonds.